The van der Waals surface area contributed by atoms with Gasteiger partial charge in [0.2, 0.25) is 0 Å². The molecule has 0 rings (SSSR count). The van der Waals surface area contributed by atoms with Crippen LogP contribution in [-0.4, -0.2) is 37.2 Å². The molecule has 0 bridgehead atoms. The summed E-state index contributed by atoms with van der Waals surface area (Å²) in [6.45, 7) is 8.98. The van der Waals surface area contributed by atoms with Crippen molar-refractivity contribution in [3.8, 4) is 0 Å². The van der Waals surface area contributed by atoms with Crippen LogP contribution in [0.2, 0.25) is 0 Å². The summed E-state index contributed by atoms with van der Waals surface area (Å²) in [7, 11) is 0. The van der Waals surface area contributed by atoms with E-state index < -0.39 is 6.10 Å². The molecule has 0 aromatic rings. The second-order valence-electron chi connectivity index (χ2n) is 17.6. The average molecular weight is 793 g/mol. The summed E-state index contributed by atoms with van der Waals surface area (Å²) in [5, 5.41) is 0. The zero-order valence-electron chi connectivity index (χ0n) is 38.1. The lowest BCUT2D eigenvalue weighted by atomic mass is 10.0. The van der Waals surface area contributed by atoms with E-state index >= 15 is 0 Å². The molecule has 0 heterocycles. The lowest BCUT2D eigenvalue weighted by molar-refractivity contribution is -0.167. The van der Waals surface area contributed by atoms with E-state index in [1.165, 1.54) is 173 Å². The second-order valence-corrected chi connectivity index (χ2v) is 17.6. The van der Waals surface area contributed by atoms with Crippen LogP contribution in [-0.2, 0) is 28.6 Å². The van der Waals surface area contributed by atoms with Crippen LogP contribution in [0, 0.1) is 5.92 Å². The summed E-state index contributed by atoms with van der Waals surface area (Å²) >= 11 is 0. The largest absolute Gasteiger partial charge is 0.462 e. The fourth-order valence-electron chi connectivity index (χ4n) is 7.51. The molecule has 0 aliphatic heterocycles. The Morgan fingerprint density at radius 1 is 0.339 bits per heavy atom. The van der Waals surface area contributed by atoms with Crippen molar-refractivity contribution < 1.29 is 28.6 Å². The molecule has 6 nitrogen and oxygen atoms in total. The van der Waals surface area contributed by atoms with Crippen LogP contribution in [0.15, 0.2) is 0 Å². The van der Waals surface area contributed by atoms with Crippen LogP contribution < -0.4 is 0 Å². The van der Waals surface area contributed by atoms with Crippen molar-refractivity contribution in [3.63, 3.8) is 0 Å². The predicted octanol–water partition coefficient (Wildman–Crippen LogP) is 15.9. The fraction of sp³-hybridized carbons (Fsp3) is 0.940. The van der Waals surface area contributed by atoms with Crippen molar-refractivity contribution >= 4 is 17.9 Å². The molecule has 0 saturated heterocycles. The summed E-state index contributed by atoms with van der Waals surface area (Å²) in [6.07, 6.45) is 45.2. The number of carbonyl (C=O) groups is 3. The van der Waals surface area contributed by atoms with Gasteiger partial charge in [-0.15, -0.1) is 0 Å². The molecule has 0 spiro atoms. The van der Waals surface area contributed by atoms with E-state index in [4.69, 9.17) is 14.2 Å². The van der Waals surface area contributed by atoms with Crippen LogP contribution in [0.5, 0.6) is 0 Å². The minimum atomic E-state index is -0.760. The first-order chi connectivity index (χ1) is 27.4. The van der Waals surface area contributed by atoms with Gasteiger partial charge in [0.15, 0.2) is 6.10 Å². The monoisotopic (exact) mass is 793 g/mol. The number of rotatable bonds is 45. The highest BCUT2D eigenvalue weighted by atomic mass is 16.6. The van der Waals surface area contributed by atoms with E-state index in [-0.39, 0.29) is 31.1 Å². The molecule has 332 valence electrons. The summed E-state index contributed by atoms with van der Waals surface area (Å²) in [6, 6.07) is 0. The van der Waals surface area contributed by atoms with Crippen molar-refractivity contribution in [2.75, 3.05) is 13.2 Å². The van der Waals surface area contributed by atoms with E-state index in [1.807, 2.05) is 0 Å². The van der Waals surface area contributed by atoms with E-state index in [9.17, 15) is 14.4 Å². The minimum absolute atomic E-state index is 0.0635. The maximum absolute atomic E-state index is 12.7. The van der Waals surface area contributed by atoms with E-state index in [0.717, 1.165) is 63.7 Å². The fourth-order valence-corrected chi connectivity index (χ4v) is 7.51. The Balaban J connectivity index is 4.29. The highest BCUT2D eigenvalue weighted by molar-refractivity contribution is 5.71. The minimum Gasteiger partial charge on any atom is -0.462 e. The standard InChI is InChI=1S/C50H96O6/c1-5-7-9-11-13-15-17-19-20-21-23-25-30-34-38-42-49(52)55-45-47(56-50(53)43-39-35-31-27-26-28-32-36-40-46(3)4)44-54-48(51)41-37-33-29-24-22-18-16-14-12-10-8-6-2/h46-47H,5-45H2,1-4H3/t47-/m0/s1. The van der Waals surface area contributed by atoms with Gasteiger partial charge in [0, 0.05) is 19.3 Å². The number of esters is 3. The Morgan fingerprint density at radius 3 is 0.875 bits per heavy atom. The SMILES string of the molecule is CCCCCCCCCCCCCCCCCC(=O)OC[C@H](COC(=O)CCCCCCCCCCCCCC)OC(=O)CCCCCCCCCCC(C)C. The quantitative estimate of drug-likeness (QED) is 0.0347. The number of ether oxygens (including phenoxy) is 3. The van der Waals surface area contributed by atoms with Gasteiger partial charge in [0.1, 0.15) is 13.2 Å². The van der Waals surface area contributed by atoms with Gasteiger partial charge in [0.05, 0.1) is 0 Å². The number of hydrogen-bond donors (Lipinski definition) is 0. The zero-order valence-corrected chi connectivity index (χ0v) is 38.1. The number of unbranched alkanes of at least 4 members (excludes halogenated alkanes) is 32. The first-order valence-corrected chi connectivity index (χ1v) is 24.9. The van der Waals surface area contributed by atoms with Crippen molar-refractivity contribution in [1.82, 2.24) is 0 Å². The van der Waals surface area contributed by atoms with Crippen molar-refractivity contribution in [2.45, 2.75) is 284 Å². The first-order valence-electron chi connectivity index (χ1n) is 24.9. The van der Waals surface area contributed by atoms with Crippen LogP contribution in [0.25, 0.3) is 0 Å². The molecule has 0 N–H and O–H groups in total. The van der Waals surface area contributed by atoms with Gasteiger partial charge in [-0.2, -0.15) is 0 Å². The van der Waals surface area contributed by atoms with E-state index in [2.05, 4.69) is 27.7 Å². The van der Waals surface area contributed by atoms with Crippen LogP contribution in [0.3, 0.4) is 0 Å². The Kier molecular flexibility index (Phi) is 43.2. The lowest BCUT2D eigenvalue weighted by Gasteiger charge is -2.18. The van der Waals surface area contributed by atoms with Crippen LogP contribution >= 0.6 is 0 Å². The van der Waals surface area contributed by atoms with Gasteiger partial charge in [-0.3, -0.25) is 14.4 Å². The molecule has 0 aliphatic carbocycles. The molecule has 1 atom stereocenters. The molecular formula is C50H96O6. The van der Waals surface area contributed by atoms with Gasteiger partial charge in [-0.1, -0.05) is 240 Å². The Labute approximate surface area is 348 Å². The molecule has 0 saturated carbocycles. The molecule has 0 aromatic carbocycles. The summed E-state index contributed by atoms with van der Waals surface area (Å²) in [4.78, 5) is 37.8. The van der Waals surface area contributed by atoms with Gasteiger partial charge in [-0.05, 0) is 25.2 Å². The zero-order chi connectivity index (χ0) is 41.0. The van der Waals surface area contributed by atoms with E-state index in [1.54, 1.807) is 0 Å². The van der Waals surface area contributed by atoms with Crippen LogP contribution in [0.1, 0.15) is 278 Å². The van der Waals surface area contributed by atoms with E-state index in [0.29, 0.717) is 19.3 Å². The second kappa shape index (κ2) is 44.5. The predicted molar refractivity (Wildman–Crippen MR) is 238 cm³/mol. The van der Waals surface area contributed by atoms with Crippen LogP contribution in [0.4, 0.5) is 0 Å². The summed E-state index contributed by atoms with van der Waals surface area (Å²) in [5.41, 5.74) is 0. The molecule has 6 heteroatoms. The van der Waals surface area contributed by atoms with Gasteiger partial charge in [-0.25, -0.2) is 0 Å². The molecule has 0 amide bonds. The average Bonchev–Trinajstić information content (AvgIpc) is 3.18. The maximum Gasteiger partial charge on any atom is 0.306 e. The van der Waals surface area contributed by atoms with Crippen molar-refractivity contribution in [2.24, 2.45) is 5.92 Å². The molecule has 0 aromatic heterocycles. The third kappa shape index (κ3) is 43.5. The Bertz CT molecular complexity index is 841. The van der Waals surface area contributed by atoms with Gasteiger partial charge < -0.3 is 14.2 Å². The highest BCUT2D eigenvalue weighted by Gasteiger charge is 2.19. The van der Waals surface area contributed by atoms with Gasteiger partial charge >= 0.3 is 17.9 Å². The number of hydrogen-bond acceptors (Lipinski definition) is 6. The van der Waals surface area contributed by atoms with Crippen molar-refractivity contribution in [1.29, 1.82) is 0 Å². The molecule has 0 fully saturated rings. The first kappa shape index (κ1) is 54.4. The summed E-state index contributed by atoms with van der Waals surface area (Å²) in [5.74, 6) is -0.0560. The Morgan fingerprint density at radius 2 is 0.589 bits per heavy atom. The van der Waals surface area contributed by atoms with Crippen molar-refractivity contribution in [3.05, 3.63) is 0 Å². The molecule has 0 aliphatic rings. The smallest absolute Gasteiger partial charge is 0.306 e. The maximum atomic E-state index is 12.7. The molecule has 0 radical (unpaired) electrons. The Hall–Kier alpha value is -1.59. The summed E-state index contributed by atoms with van der Waals surface area (Å²) < 4.78 is 16.8. The third-order valence-electron chi connectivity index (χ3n) is 11.3. The highest BCUT2D eigenvalue weighted by Crippen LogP contribution is 2.17. The molecule has 56 heavy (non-hydrogen) atoms. The topological polar surface area (TPSA) is 78.9 Å². The normalized spacial score (nSPS) is 11.9. The number of carbonyl (C=O) groups excluding carboxylic acids is 3. The third-order valence-corrected chi connectivity index (χ3v) is 11.3. The molecule has 0 unspecified atom stereocenters. The lowest BCUT2D eigenvalue weighted by Crippen LogP contribution is -2.30. The molecular weight excluding hydrogens is 697 g/mol. The van der Waals surface area contributed by atoms with Gasteiger partial charge in [0.25, 0.3) is 0 Å².